The van der Waals surface area contributed by atoms with Crippen molar-refractivity contribution in [3.05, 3.63) is 0 Å². The molecule has 0 amide bonds. The van der Waals surface area contributed by atoms with E-state index in [2.05, 4.69) is 24.4 Å². The van der Waals surface area contributed by atoms with Crippen molar-refractivity contribution in [3.63, 3.8) is 0 Å². The SMILES string of the molecule is CCNC(=NCCC[NH+](C)C)OC(=O)C(C)C. The first-order valence-corrected chi connectivity index (χ1v) is 6.26. The highest BCUT2D eigenvalue weighted by Crippen LogP contribution is 1.96. The molecule has 0 saturated heterocycles. The maximum atomic E-state index is 11.4. The third-order valence-electron chi connectivity index (χ3n) is 2.09. The Morgan fingerprint density at radius 2 is 2.06 bits per heavy atom. The van der Waals surface area contributed by atoms with Crippen LogP contribution < -0.4 is 10.2 Å². The van der Waals surface area contributed by atoms with Crippen molar-refractivity contribution in [2.75, 3.05) is 33.7 Å². The van der Waals surface area contributed by atoms with E-state index in [9.17, 15) is 4.79 Å². The van der Waals surface area contributed by atoms with Crippen LogP contribution in [0.5, 0.6) is 0 Å². The predicted octanol–water partition coefficient (Wildman–Crippen LogP) is -0.314. The van der Waals surface area contributed by atoms with E-state index >= 15 is 0 Å². The Morgan fingerprint density at radius 3 is 2.53 bits per heavy atom. The number of nitrogens with one attached hydrogen (secondary N) is 2. The third kappa shape index (κ3) is 8.68. The van der Waals surface area contributed by atoms with Crippen molar-refractivity contribution in [3.8, 4) is 0 Å². The van der Waals surface area contributed by atoms with Gasteiger partial charge >= 0.3 is 5.97 Å². The van der Waals surface area contributed by atoms with Crippen LogP contribution in [-0.2, 0) is 9.53 Å². The number of amidine groups is 1. The Morgan fingerprint density at radius 1 is 1.41 bits per heavy atom. The quantitative estimate of drug-likeness (QED) is 0.291. The molecule has 0 aromatic rings. The summed E-state index contributed by atoms with van der Waals surface area (Å²) in [5, 5.41) is 2.96. The minimum absolute atomic E-state index is 0.134. The molecule has 0 saturated carbocycles. The van der Waals surface area contributed by atoms with E-state index in [0.717, 1.165) is 13.0 Å². The molecule has 5 heteroatoms. The van der Waals surface area contributed by atoms with Crippen molar-refractivity contribution in [2.45, 2.75) is 27.2 Å². The average Bonchev–Trinajstić information content (AvgIpc) is 2.23. The Labute approximate surface area is 104 Å². The highest BCUT2D eigenvalue weighted by atomic mass is 16.6. The highest BCUT2D eigenvalue weighted by Gasteiger charge is 2.11. The topological polar surface area (TPSA) is 55.1 Å². The Hall–Kier alpha value is -1.10. The van der Waals surface area contributed by atoms with Gasteiger partial charge in [-0.3, -0.25) is 4.79 Å². The molecule has 0 fully saturated rings. The van der Waals surface area contributed by atoms with Crippen LogP contribution in [0.1, 0.15) is 27.2 Å². The van der Waals surface area contributed by atoms with Gasteiger partial charge in [-0.1, -0.05) is 13.8 Å². The Balaban J connectivity index is 4.12. The number of aliphatic imine (C=N–C) groups is 1. The zero-order chi connectivity index (χ0) is 13.3. The highest BCUT2D eigenvalue weighted by molar-refractivity contribution is 5.88. The molecular formula is C12H26N3O2+. The summed E-state index contributed by atoms with van der Waals surface area (Å²) in [7, 11) is 4.21. The summed E-state index contributed by atoms with van der Waals surface area (Å²) in [6.45, 7) is 7.99. The molecule has 2 N–H and O–H groups in total. The summed E-state index contributed by atoms with van der Waals surface area (Å²) >= 11 is 0. The smallest absolute Gasteiger partial charge is 0.316 e. The van der Waals surface area contributed by atoms with Crippen LogP contribution in [0.3, 0.4) is 0 Å². The van der Waals surface area contributed by atoms with Gasteiger partial charge in [0.2, 0.25) is 0 Å². The normalized spacial score (nSPS) is 12.1. The third-order valence-corrected chi connectivity index (χ3v) is 2.09. The first-order chi connectivity index (χ1) is 7.97. The van der Waals surface area contributed by atoms with Crippen molar-refractivity contribution in [1.29, 1.82) is 0 Å². The van der Waals surface area contributed by atoms with Crippen LogP contribution in [0.4, 0.5) is 0 Å². The van der Waals surface area contributed by atoms with Crippen molar-refractivity contribution >= 4 is 12.0 Å². The molecule has 0 unspecified atom stereocenters. The summed E-state index contributed by atoms with van der Waals surface area (Å²) < 4.78 is 5.15. The van der Waals surface area contributed by atoms with Gasteiger partial charge in [-0.2, -0.15) is 0 Å². The predicted molar refractivity (Wildman–Crippen MR) is 69.2 cm³/mol. The van der Waals surface area contributed by atoms with Gasteiger partial charge < -0.3 is 15.0 Å². The minimum Gasteiger partial charge on any atom is -0.393 e. The van der Waals surface area contributed by atoms with Crippen molar-refractivity contribution < 1.29 is 14.4 Å². The molecule has 100 valence electrons. The van der Waals surface area contributed by atoms with Crippen LogP contribution in [0.2, 0.25) is 0 Å². The maximum absolute atomic E-state index is 11.4. The number of nitrogens with zero attached hydrogens (tertiary/aromatic N) is 1. The minimum atomic E-state index is -0.247. The fraction of sp³-hybridized carbons (Fsp3) is 0.833. The second-order valence-electron chi connectivity index (χ2n) is 4.60. The van der Waals surface area contributed by atoms with Gasteiger partial charge in [0, 0.05) is 19.5 Å². The summed E-state index contributed by atoms with van der Waals surface area (Å²) in [6.07, 6.45) is 0.983. The van der Waals surface area contributed by atoms with E-state index in [1.165, 1.54) is 4.90 Å². The second-order valence-corrected chi connectivity index (χ2v) is 4.60. The fourth-order valence-corrected chi connectivity index (χ4v) is 1.10. The standard InChI is InChI=1S/C12H25N3O2/c1-6-13-12(17-11(16)10(2)3)14-8-7-9-15(4)5/h10H,6-9H2,1-5H3,(H,13,14)/p+1. The van der Waals surface area contributed by atoms with Crippen LogP contribution in [0.25, 0.3) is 0 Å². The van der Waals surface area contributed by atoms with E-state index in [1.54, 1.807) is 13.8 Å². The second kappa shape index (κ2) is 8.98. The lowest BCUT2D eigenvalue weighted by Gasteiger charge is -2.10. The van der Waals surface area contributed by atoms with E-state index in [4.69, 9.17) is 4.74 Å². The molecule has 0 aliphatic rings. The van der Waals surface area contributed by atoms with E-state index < -0.39 is 0 Å². The molecular weight excluding hydrogens is 218 g/mol. The molecule has 0 rings (SSSR count). The number of hydrogen-bond donors (Lipinski definition) is 2. The number of carbonyl (C=O) groups is 1. The molecule has 0 atom stereocenters. The van der Waals surface area contributed by atoms with E-state index in [1.807, 2.05) is 6.92 Å². The number of esters is 1. The van der Waals surface area contributed by atoms with Crippen molar-refractivity contribution in [1.82, 2.24) is 5.32 Å². The molecule has 0 aliphatic carbocycles. The number of ether oxygens (including phenoxy) is 1. The molecule has 5 nitrogen and oxygen atoms in total. The largest absolute Gasteiger partial charge is 0.393 e. The number of hydrogen-bond acceptors (Lipinski definition) is 3. The lowest BCUT2D eigenvalue weighted by molar-refractivity contribution is -0.858. The molecule has 17 heavy (non-hydrogen) atoms. The van der Waals surface area contributed by atoms with Gasteiger partial charge in [-0.15, -0.1) is 0 Å². The van der Waals surface area contributed by atoms with E-state index in [0.29, 0.717) is 19.1 Å². The fourth-order valence-electron chi connectivity index (χ4n) is 1.10. The van der Waals surface area contributed by atoms with Gasteiger partial charge in [0.25, 0.3) is 6.02 Å². The summed E-state index contributed by atoms with van der Waals surface area (Å²) in [4.78, 5) is 17.1. The molecule has 0 heterocycles. The van der Waals surface area contributed by atoms with Gasteiger partial charge in [-0.05, 0) is 6.92 Å². The summed E-state index contributed by atoms with van der Waals surface area (Å²) in [5.74, 6) is -0.381. The number of rotatable bonds is 6. The molecule has 0 aromatic carbocycles. The average molecular weight is 244 g/mol. The Bertz CT molecular complexity index is 250. The number of quaternary nitrogens is 1. The van der Waals surface area contributed by atoms with Crippen LogP contribution in [0, 0.1) is 5.92 Å². The van der Waals surface area contributed by atoms with Crippen LogP contribution in [-0.4, -0.2) is 45.7 Å². The summed E-state index contributed by atoms with van der Waals surface area (Å²) in [6, 6.07) is 0.347. The van der Waals surface area contributed by atoms with Crippen molar-refractivity contribution in [2.24, 2.45) is 10.9 Å². The number of carbonyl (C=O) groups excluding carboxylic acids is 1. The van der Waals surface area contributed by atoms with Crippen LogP contribution in [0.15, 0.2) is 4.99 Å². The molecule has 0 radical (unpaired) electrons. The first-order valence-electron chi connectivity index (χ1n) is 6.26. The van der Waals surface area contributed by atoms with E-state index in [-0.39, 0.29) is 11.9 Å². The van der Waals surface area contributed by atoms with Gasteiger partial charge in [-0.25, -0.2) is 4.99 Å². The first kappa shape index (κ1) is 15.9. The molecule has 0 bridgehead atoms. The maximum Gasteiger partial charge on any atom is 0.316 e. The van der Waals surface area contributed by atoms with Crippen LogP contribution >= 0.6 is 0 Å². The molecule has 0 spiro atoms. The molecule has 0 aromatic heterocycles. The van der Waals surface area contributed by atoms with Gasteiger partial charge in [0.15, 0.2) is 0 Å². The zero-order valence-electron chi connectivity index (χ0n) is 11.7. The summed E-state index contributed by atoms with van der Waals surface area (Å²) in [5.41, 5.74) is 0. The lowest BCUT2D eigenvalue weighted by atomic mass is 10.2. The zero-order valence-corrected chi connectivity index (χ0v) is 11.7. The molecule has 0 aliphatic heterocycles. The lowest BCUT2D eigenvalue weighted by Crippen LogP contribution is -3.05. The van der Waals surface area contributed by atoms with Gasteiger partial charge in [0.05, 0.1) is 26.6 Å². The Kier molecular flexibility index (Phi) is 8.40. The monoisotopic (exact) mass is 244 g/mol. The van der Waals surface area contributed by atoms with Gasteiger partial charge in [0.1, 0.15) is 0 Å².